The maximum atomic E-state index is 11.3. The smallest absolute Gasteiger partial charge is 0.339 e. The van der Waals surface area contributed by atoms with E-state index >= 15 is 0 Å². The van der Waals surface area contributed by atoms with E-state index in [0.29, 0.717) is 31.1 Å². The summed E-state index contributed by atoms with van der Waals surface area (Å²) in [5, 5.41) is 12.3. The summed E-state index contributed by atoms with van der Waals surface area (Å²) < 4.78 is 10.8. The number of carboxylic acid groups (broad SMARTS) is 1. The number of anilines is 1. The Morgan fingerprint density at radius 2 is 2.47 bits per heavy atom. The topological polar surface area (TPSA) is 80.7 Å². The van der Waals surface area contributed by atoms with E-state index in [2.05, 4.69) is 10.3 Å². The molecule has 1 aliphatic heterocycles. The Morgan fingerprint density at radius 3 is 3.05 bits per heavy atom. The number of methoxy groups -OCH3 is 1. The number of aromatic carboxylic acids is 1. The average Bonchev–Trinajstić information content (AvgIpc) is 2.85. The molecule has 1 fully saturated rings. The lowest BCUT2D eigenvalue weighted by molar-refractivity contribution is -0.00627. The quantitative estimate of drug-likeness (QED) is 0.836. The fourth-order valence-corrected chi connectivity index (χ4v) is 2.17. The monoisotopic (exact) mass is 266 g/mol. The highest BCUT2D eigenvalue weighted by Crippen LogP contribution is 2.24. The third-order valence-electron chi connectivity index (χ3n) is 3.45. The summed E-state index contributed by atoms with van der Waals surface area (Å²) in [6, 6.07) is 1.68. The molecule has 1 aliphatic rings. The minimum atomic E-state index is -0.984. The highest BCUT2D eigenvalue weighted by atomic mass is 16.5. The number of aromatic nitrogens is 1. The van der Waals surface area contributed by atoms with Gasteiger partial charge in [-0.05, 0) is 18.6 Å². The molecular formula is C13H18N2O4. The van der Waals surface area contributed by atoms with Crippen LogP contribution >= 0.6 is 0 Å². The summed E-state index contributed by atoms with van der Waals surface area (Å²) in [7, 11) is 1.64. The molecule has 6 nitrogen and oxygen atoms in total. The molecule has 1 aromatic rings. The van der Waals surface area contributed by atoms with Crippen molar-refractivity contribution in [1.29, 1.82) is 0 Å². The van der Waals surface area contributed by atoms with Gasteiger partial charge in [-0.15, -0.1) is 0 Å². The molecule has 1 atom stereocenters. The molecule has 0 saturated carbocycles. The Hall–Kier alpha value is -1.66. The molecule has 0 radical (unpaired) electrons. The van der Waals surface area contributed by atoms with Crippen LogP contribution < -0.4 is 5.32 Å². The molecular weight excluding hydrogens is 248 g/mol. The van der Waals surface area contributed by atoms with E-state index in [0.717, 1.165) is 6.42 Å². The van der Waals surface area contributed by atoms with E-state index in [1.807, 2.05) is 0 Å². The highest BCUT2D eigenvalue weighted by molar-refractivity contribution is 5.94. The molecule has 104 valence electrons. The molecule has 2 heterocycles. The van der Waals surface area contributed by atoms with E-state index in [1.54, 1.807) is 26.3 Å². The van der Waals surface area contributed by atoms with Crippen molar-refractivity contribution < 1.29 is 19.4 Å². The number of nitrogens with zero attached hydrogens (tertiary/aromatic N) is 1. The first kappa shape index (κ1) is 13.8. The zero-order valence-corrected chi connectivity index (χ0v) is 11.1. The fourth-order valence-electron chi connectivity index (χ4n) is 2.17. The zero-order chi connectivity index (χ0) is 13.9. The van der Waals surface area contributed by atoms with Gasteiger partial charge in [0.15, 0.2) is 0 Å². The second kappa shape index (κ2) is 5.54. The Morgan fingerprint density at radius 1 is 1.68 bits per heavy atom. The third-order valence-corrected chi connectivity index (χ3v) is 3.45. The van der Waals surface area contributed by atoms with Crippen LogP contribution in [-0.2, 0) is 9.47 Å². The molecule has 1 aromatic heterocycles. The van der Waals surface area contributed by atoms with Gasteiger partial charge in [0.2, 0.25) is 0 Å². The summed E-state index contributed by atoms with van der Waals surface area (Å²) in [6.45, 7) is 3.38. The van der Waals surface area contributed by atoms with Crippen LogP contribution in [0.1, 0.15) is 22.3 Å². The van der Waals surface area contributed by atoms with Gasteiger partial charge >= 0.3 is 5.97 Å². The molecule has 0 aliphatic carbocycles. The second-order valence-electron chi connectivity index (χ2n) is 4.70. The molecule has 0 spiro atoms. The van der Waals surface area contributed by atoms with Crippen LogP contribution in [0.4, 0.5) is 5.82 Å². The van der Waals surface area contributed by atoms with Crippen LogP contribution in [0.15, 0.2) is 12.3 Å². The van der Waals surface area contributed by atoms with Crippen molar-refractivity contribution in [3.63, 3.8) is 0 Å². The molecule has 2 rings (SSSR count). The summed E-state index contributed by atoms with van der Waals surface area (Å²) in [5.74, 6) is -0.613. The van der Waals surface area contributed by atoms with Crippen LogP contribution in [0, 0.1) is 6.92 Å². The summed E-state index contributed by atoms with van der Waals surface area (Å²) >= 11 is 0. The third kappa shape index (κ3) is 2.85. The van der Waals surface area contributed by atoms with Gasteiger partial charge in [0, 0.05) is 32.9 Å². The van der Waals surface area contributed by atoms with E-state index < -0.39 is 11.6 Å². The number of aryl methyl sites for hydroxylation is 1. The molecule has 0 aromatic carbocycles. The Bertz CT molecular complexity index is 470. The largest absolute Gasteiger partial charge is 0.478 e. The van der Waals surface area contributed by atoms with Crippen molar-refractivity contribution >= 4 is 11.8 Å². The first-order valence-electron chi connectivity index (χ1n) is 6.14. The highest BCUT2D eigenvalue weighted by Gasteiger charge is 2.35. The van der Waals surface area contributed by atoms with E-state index in [1.165, 1.54) is 0 Å². The number of rotatable bonds is 5. The normalized spacial score (nSPS) is 22.4. The lowest BCUT2D eigenvalue weighted by Gasteiger charge is -2.26. The van der Waals surface area contributed by atoms with Crippen LogP contribution in [-0.4, -0.2) is 48.5 Å². The van der Waals surface area contributed by atoms with Gasteiger partial charge in [0.05, 0.1) is 6.61 Å². The van der Waals surface area contributed by atoms with Crippen molar-refractivity contribution in [2.75, 3.05) is 32.2 Å². The number of carboxylic acids is 1. The van der Waals surface area contributed by atoms with Crippen molar-refractivity contribution in [1.82, 2.24) is 4.98 Å². The van der Waals surface area contributed by atoms with Crippen molar-refractivity contribution in [2.45, 2.75) is 18.9 Å². The Labute approximate surface area is 111 Å². The van der Waals surface area contributed by atoms with Crippen LogP contribution in [0.2, 0.25) is 0 Å². The predicted octanol–water partition coefficient (Wildman–Crippen LogP) is 1.31. The molecule has 0 bridgehead atoms. The number of carbonyl (C=O) groups is 1. The minimum absolute atomic E-state index is 0.202. The Balaban J connectivity index is 2.15. The SMILES string of the molecule is COC1(CNc2nccc(C)c2C(=O)O)CCOC1. The molecule has 6 heteroatoms. The zero-order valence-electron chi connectivity index (χ0n) is 11.1. The summed E-state index contributed by atoms with van der Waals surface area (Å²) in [5.41, 5.74) is 0.480. The standard InChI is InChI=1S/C13H18N2O4/c1-9-3-5-14-11(10(9)12(16)17)15-7-13(18-2)4-6-19-8-13/h3,5H,4,6-8H2,1-2H3,(H,14,15)(H,16,17). The lowest BCUT2D eigenvalue weighted by Crippen LogP contribution is -2.40. The molecule has 2 N–H and O–H groups in total. The number of ether oxygens (including phenoxy) is 2. The summed E-state index contributed by atoms with van der Waals surface area (Å²) in [6.07, 6.45) is 2.37. The predicted molar refractivity (Wildman–Crippen MR) is 69.6 cm³/mol. The number of nitrogens with one attached hydrogen (secondary N) is 1. The number of hydrogen-bond donors (Lipinski definition) is 2. The average molecular weight is 266 g/mol. The van der Waals surface area contributed by atoms with E-state index in [-0.39, 0.29) is 5.56 Å². The molecule has 0 amide bonds. The van der Waals surface area contributed by atoms with E-state index in [4.69, 9.17) is 9.47 Å². The van der Waals surface area contributed by atoms with E-state index in [9.17, 15) is 9.90 Å². The number of pyridine rings is 1. The first-order chi connectivity index (χ1) is 9.08. The fraction of sp³-hybridized carbons (Fsp3) is 0.538. The molecule has 1 saturated heterocycles. The van der Waals surface area contributed by atoms with Crippen molar-refractivity contribution in [3.05, 3.63) is 23.4 Å². The summed E-state index contributed by atoms with van der Waals surface area (Å²) in [4.78, 5) is 15.4. The van der Waals surface area contributed by atoms with Gasteiger partial charge in [-0.3, -0.25) is 0 Å². The van der Waals surface area contributed by atoms with Crippen LogP contribution in [0.3, 0.4) is 0 Å². The Kier molecular flexibility index (Phi) is 4.01. The van der Waals surface area contributed by atoms with Gasteiger partial charge in [-0.25, -0.2) is 9.78 Å². The van der Waals surface area contributed by atoms with Gasteiger partial charge in [0.25, 0.3) is 0 Å². The first-order valence-corrected chi connectivity index (χ1v) is 6.14. The number of hydrogen-bond acceptors (Lipinski definition) is 5. The maximum Gasteiger partial charge on any atom is 0.339 e. The lowest BCUT2D eigenvalue weighted by atomic mass is 10.0. The van der Waals surface area contributed by atoms with Gasteiger partial charge in [-0.1, -0.05) is 0 Å². The van der Waals surface area contributed by atoms with Crippen LogP contribution in [0.5, 0.6) is 0 Å². The van der Waals surface area contributed by atoms with Gasteiger partial charge in [0.1, 0.15) is 17.0 Å². The van der Waals surface area contributed by atoms with Crippen molar-refractivity contribution in [2.24, 2.45) is 0 Å². The maximum absolute atomic E-state index is 11.3. The van der Waals surface area contributed by atoms with Crippen molar-refractivity contribution in [3.8, 4) is 0 Å². The second-order valence-corrected chi connectivity index (χ2v) is 4.70. The van der Waals surface area contributed by atoms with Gasteiger partial charge < -0.3 is 19.9 Å². The van der Waals surface area contributed by atoms with Gasteiger partial charge in [-0.2, -0.15) is 0 Å². The molecule has 1 unspecified atom stereocenters. The molecule has 19 heavy (non-hydrogen) atoms. The van der Waals surface area contributed by atoms with Crippen LogP contribution in [0.25, 0.3) is 0 Å². The minimum Gasteiger partial charge on any atom is -0.478 e.